The standard InChI is InChI=1S/C18H19ClN4O2/c1-2-25-16-7-4-10-23-12-15(21-17(16)23)8-9-20-18(24)22-14-6-3-5-13(19)11-14/h3-7,10-12H,2,8-9H2,1H3,(H2,20,22,24). The number of imidazole rings is 1. The molecular weight excluding hydrogens is 340 g/mol. The molecule has 3 rings (SSSR count). The molecule has 2 aromatic heterocycles. The van der Waals surface area contributed by atoms with Gasteiger partial charge in [0.1, 0.15) is 0 Å². The van der Waals surface area contributed by atoms with Crippen molar-refractivity contribution in [2.24, 2.45) is 0 Å². The Morgan fingerprint density at radius 1 is 1.32 bits per heavy atom. The molecule has 7 heteroatoms. The van der Waals surface area contributed by atoms with Crippen molar-refractivity contribution in [1.29, 1.82) is 0 Å². The Morgan fingerprint density at radius 2 is 2.20 bits per heavy atom. The van der Waals surface area contributed by atoms with Gasteiger partial charge in [-0.05, 0) is 37.3 Å². The van der Waals surface area contributed by atoms with Crippen molar-refractivity contribution in [3.63, 3.8) is 0 Å². The summed E-state index contributed by atoms with van der Waals surface area (Å²) in [5.74, 6) is 0.753. The van der Waals surface area contributed by atoms with E-state index in [1.807, 2.05) is 35.9 Å². The summed E-state index contributed by atoms with van der Waals surface area (Å²) in [7, 11) is 0. The van der Waals surface area contributed by atoms with Crippen LogP contribution in [0.3, 0.4) is 0 Å². The van der Waals surface area contributed by atoms with Gasteiger partial charge >= 0.3 is 6.03 Å². The summed E-state index contributed by atoms with van der Waals surface area (Å²) < 4.78 is 7.50. The Labute approximate surface area is 150 Å². The second kappa shape index (κ2) is 7.90. The van der Waals surface area contributed by atoms with Crippen molar-refractivity contribution in [2.45, 2.75) is 13.3 Å². The average Bonchev–Trinajstić information content (AvgIpc) is 2.99. The second-order valence-corrected chi connectivity index (χ2v) is 5.85. The average molecular weight is 359 g/mol. The van der Waals surface area contributed by atoms with Crippen LogP contribution in [0.4, 0.5) is 10.5 Å². The van der Waals surface area contributed by atoms with Gasteiger partial charge in [-0.2, -0.15) is 0 Å². The molecule has 2 heterocycles. The Kier molecular flexibility index (Phi) is 5.40. The molecule has 6 nitrogen and oxygen atoms in total. The van der Waals surface area contributed by atoms with Crippen molar-refractivity contribution in [3.8, 4) is 5.75 Å². The minimum absolute atomic E-state index is 0.277. The number of aromatic nitrogens is 2. The van der Waals surface area contributed by atoms with Crippen LogP contribution in [-0.4, -0.2) is 28.6 Å². The minimum atomic E-state index is -0.277. The lowest BCUT2D eigenvalue weighted by atomic mass is 10.3. The van der Waals surface area contributed by atoms with Gasteiger partial charge in [0.05, 0.1) is 12.3 Å². The Bertz CT molecular complexity index is 878. The van der Waals surface area contributed by atoms with E-state index in [4.69, 9.17) is 16.3 Å². The maximum Gasteiger partial charge on any atom is 0.319 e. The predicted octanol–water partition coefficient (Wildman–Crippen LogP) is 3.75. The summed E-state index contributed by atoms with van der Waals surface area (Å²) in [5, 5.41) is 6.13. The first-order valence-corrected chi connectivity index (χ1v) is 8.43. The van der Waals surface area contributed by atoms with E-state index < -0.39 is 0 Å². The number of pyridine rings is 1. The number of carbonyl (C=O) groups excluding carboxylic acids is 1. The number of rotatable bonds is 6. The number of anilines is 1. The number of nitrogens with one attached hydrogen (secondary N) is 2. The first-order chi connectivity index (χ1) is 12.2. The fraction of sp³-hybridized carbons (Fsp3) is 0.222. The smallest absolute Gasteiger partial charge is 0.319 e. The first kappa shape index (κ1) is 17.1. The van der Waals surface area contributed by atoms with Gasteiger partial charge < -0.3 is 19.8 Å². The summed E-state index contributed by atoms with van der Waals surface area (Å²) in [6.45, 7) is 3.00. The Balaban J connectivity index is 1.56. The lowest BCUT2D eigenvalue weighted by molar-refractivity contribution is 0.252. The van der Waals surface area contributed by atoms with E-state index in [1.165, 1.54) is 0 Å². The van der Waals surface area contributed by atoms with E-state index in [2.05, 4.69) is 15.6 Å². The SMILES string of the molecule is CCOc1cccn2cc(CCNC(=O)Nc3cccc(Cl)c3)nc12. The van der Waals surface area contributed by atoms with Crippen LogP contribution >= 0.6 is 11.6 Å². The molecular formula is C18H19ClN4O2. The first-order valence-electron chi connectivity index (χ1n) is 8.05. The van der Waals surface area contributed by atoms with Crippen LogP contribution < -0.4 is 15.4 Å². The van der Waals surface area contributed by atoms with Crippen LogP contribution in [0.2, 0.25) is 5.02 Å². The van der Waals surface area contributed by atoms with E-state index in [9.17, 15) is 4.79 Å². The number of hydrogen-bond acceptors (Lipinski definition) is 3. The fourth-order valence-electron chi connectivity index (χ4n) is 2.47. The summed E-state index contributed by atoms with van der Waals surface area (Å²) >= 11 is 5.89. The molecule has 0 radical (unpaired) electrons. The molecule has 25 heavy (non-hydrogen) atoms. The normalized spacial score (nSPS) is 10.6. The second-order valence-electron chi connectivity index (χ2n) is 5.41. The number of hydrogen-bond donors (Lipinski definition) is 2. The molecule has 0 spiro atoms. The van der Waals surface area contributed by atoms with E-state index >= 15 is 0 Å². The van der Waals surface area contributed by atoms with Crippen LogP contribution in [0.5, 0.6) is 5.75 Å². The molecule has 2 amide bonds. The van der Waals surface area contributed by atoms with Crippen molar-refractivity contribution in [3.05, 3.63) is 59.5 Å². The third-order valence-corrected chi connectivity index (χ3v) is 3.78. The zero-order chi connectivity index (χ0) is 17.6. The highest BCUT2D eigenvalue weighted by Gasteiger charge is 2.08. The van der Waals surface area contributed by atoms with Crippen LogP contribution in [0.15, 0.2) is 48.8 Å². The van der Waals surface area contributed by atoms with E-state index in [0.717, 1.165) is 17.1 Å². The van der Waals surface area contributed by atoms with Gasteiger partial charge in [-0.25, -0.2) is 9.78 Å². The number of carbonyl (C=O) groups is 1. The molecule has 0 aliphatic heterocycles. The van der Waals surface area contributed by atoms with Gasteiger partial charge in [0.2, 0.25) is 0 Å². The van der Waals surface area contributed by atoms with Crippen LogP contribution in [0.25, 0.3) is 5.65 Å². The summed E-state index contributed by atoms with van der Waals surface area (Å²) in [6.07, 6.45) is 4.48. The molecule has 2 N–H and O–H groups in total. The lowest BCUT2D eigenvalue weighted by Crippen LogP contribution is -2.30. The van der Waals surface area contributed by atoms with E-state index in [0.29, 0.717) is 30.3 Å². The monoisotopic (exact) mass is 358 g/mol. The molecule has 0 unspecified atom stereocenters. The molecule has 0 atom stereocenters. The van der Waals surface area contributed by atoms with Gasteiger partial charge in [-0.15, -0.1) is 0 Å². The van der Waals surface area contributed by atoms with Crippen LogP contribution in [0.1, 0.15) is 12.6 Å². The topological polar surface area (TPSA) is 67.7 Å². The van der Waals surface area contributed by atoms with Gasteiger partial charge in [0.15, 0.2) is 11.4 Å². The van der Waals surface area contributed by atoms with E-state index in [-0.39, 0.29) is 6.03 Å². The molecule has 3 aromatic rings. The van der Waals surface area contributed by atoms with Crippen molar-refractivity contribution in [1.82, 2.24) is 14.7 Å². The number of urea groups is 1. The fourth-order valence-corrected chi connectivity index (χ4v) is 2.66. The quantitative estimate of drug-likeness (QED) is 0.705. The maximum atomic E-state index is 11.9. The Morgan fingerprint density at radius 3 is 3.00 bits per heavy atom. The third kappa shape index (κ3) is 4.42. The zero-order valence-electron chi connectivity index (χ0n) is 13.8. The summed E-state index contributed by atoms with van der Waals surface area (Å²) in [4.78, 5) is 16.5. The van der Waals surface area contributed by atoms with E-state index in [1.54, 1.807) is 24.3 Å². The third-order valence-electron chi connectivity index (χ3n) is 3.55. The highest BCUT2D eigenvalue weighted by Crippen LogP contribution is 2.19. The van der Waals surface area contributed by atoms with Gasteiger partial charge in [-0.1, -0.05) is 17.7 Å². The minimum Gasteiger partial charge on any atom is -0.490 e. The summed E-state index contributed by atoms with van der Waals surface area (Å²) in [5.41, 5.74) is 2.32. The molecule has 0 aliphatic carbocycles. The molecule has 0 bridgehead atoms. The van der Waals surface area contributed by atoms with Gasteiger partial charge in [-0.3, -0.25) is 0 Å². The maximum absolute atomic E-state index is 11.9. The van der Waals surface area contributed by atoms with Crippen molar-refractivity contribution >= 4 is 29.0 Å². The molecule has 1 aromatic carbocycles. The van der Waals surface area contributed by atoms with Gasteiger partial charge in [0, 0.05) is 36.1 Å². The molecule has 0 saturated heterocycles. The molecule has 0 saturated carbocycles. The molecule has 0 aliphatic rings. The number of fused-ring (bicyclic) bond motifs is 1. The molecule has 0 fully saturated rings. The van der Waals surface area contributed by atoms with Crippen LogP contribution in [0, 0.1) is 0 Å². The number of benzene rings is 1. The Hall–Kier alpha value is -2.73. The number of halogens is 1. The number of nitrogens with zero attached hydrogens (tertiary/aromatic N) is 2. The highest BCUT2D eigenvalue weighted by molar-refractivity contribution is 6.30. The zero-order valence-corrected chi connectivity index (χ0v) is 14.6. The predicted molar refractivity (Wildman–Crippen MR) is 98.5 cm³/mol. The largest absolute Gasteiger partial charge is 0.490 e. The van der Waals surface area contributed by atoms with Crippen LogP contribution in [-0.2, 0) is 6.42 Å². The number of ether oxygens (including phenoxy) is 1. The highest BCUT2D eigenvalue weighted by atomic mass is 35.5. The molecule has 130 valence electrons. The van der Waals surface area contributed by atoms with Crippen molar-refractivity contribution < 1.29 is 9.53 Å². The lowest BCUT2D eigenvalue weighted by Gasteiger charge is -2.07. The number of amides is 2. The van der Waals surface area contributed by atoms with Crippen molar-refractivity contribution in [2.75, 3.05) is 18.5 Å². The summed E-state index contributed by atoms with van der Waals surface area (Å²) in [6, 6.07) is 10.5. The van der Waals surface area contributed by atoms with Gasteiger partial charge in [0.25, 0.3) is 0 Å².